The number of carbonyl (C=O) groups is 3. The SMILES string of the molecule is CN1CCN(CCc2ccc(-n3cc4cccc(C(N)=O)c4n3)cc2)CC1.O=C(O)C(F)(F)F.O=C(O)C(F)(F)F. The number of benzene rings is 2. The van der Waals surface area contributed by atoms with Crippen LogP contribution in [0.5, 0.6) is 0 Å². The molecule has 3 aromatic rings. The summed E-state index contributed by atoms with van der Waals surface area (Å²) in [5.41, 5.74) is 8.85. The highest BCUT2D eigenvalue weighted by atomic mass is 19.4. The third-order valence-electron chi connectivity index (χ3n) is 5.80. The summed E-state index contributed by atoms with van der Waals surface area (Å²) in [4.78, 5) is 34.3. The fourth-order valence-electron chi connectivity index (χ4n) is 3.55. The number of piperazine rings is 1. The molecule has 1 amide bonds. The summed E-state index contributed by atoms with van der Waals surface area (Å²) in [6.07, 6.45) is -7.18. The van der Waals surface area contributed by atoms with E-state index >= 15 is 0 Å². The van der Waals surface area contributed by atoms with Crippen LogP contribution >= 0.6 is 0 Å². The minimum Gasteiger partial charge on any atom is -0.475 e. The molecule has 1 aromatic heterocycles. The first kappa shape index (κ1) is 33.0. The molecule has 1 aliphatic heterocycles. The largest absolute Gasteiger partial charge is 0.490 e. The smallest absolute Gasteiger partial charge is 0.475 e. The van der Waals surface area contributed by atoms with E-state index in [-0.39, 0.29) is 0 Å². The van der Waals surface area contributed by atoms with Gasteiger partial charge in [0.1, 0.15) is 5.52 Å². The van der Waals surface area contributed by atoms with Gasteiger partial charge in [-0.25, -0.2) is 14.3 Å². The highest BCUT2D eigenvalue weighted by Gasteiger charge is 2.38. The van der Waals surface area contributed by atoms with E-state index in [1.165, 1.54) is 5.56 Å². The van der Waals surface area contributed by atoms with Crippen LogP contribution in [0, 0.1) is 0 Å². The van der Waals surface area contributed by atoms with Crippen molar-refractivity contribution in [2.75, 3.05) is 39.8 Å². The van der Waals surface area contributed by atoms with E-state index in [0.717, 1.165) is 50.2 Å². The average Bonchev–Trinajstić information content (AvgIpc) is 3.33. The maximum absolute atomic E-state index is 11.6. The normalized spacial score (nSPS) is 14.4. The number of alkyl halides is 6. The van der Waals surface area contributed by atoms with E-state index in [1.807, 2.05) is 18.3 Å². The van der Waals surface area contributed by atoms with Crippen molar-refractivity contribution in [2.45, 2.75) is 18.8 Å². The van der Waals surface area contributed by atoms with Crippen molar-refractivity contribution in [2.24, 2.45) is 5.73 Å². The summed E-state index contributed by atoms with van der Waals surface area (Å²) >= 11 is 0. The molecule has 0 aliphatic carbocycles. The molecule has 0 radical (unpaired) electrons. The minimum atomic E-state index is -5.08. The van der Waals surface area contributed by atoms with E-state index in [0.29, 0.717) is 11.1 Å². The second-order valence-corrected chi connectivity index (χ2v) is 8.85. The molecule has 4 rings (SSSR count). The van der Waals surface area contributed by atoms with Crippen molar-refractivity contribution < 1.29 is 50.9 Å². The van der Waals surface area contributed by atoms with Gasteiger partial charge in [-0.3, -0.25) is 4.79 Å². The van der Waals surface area contributed by atoms with Crippen molar-refractivity contribution in [3.8, 4) is 5.69 Å². The molecular weight excluding hydrogens is 564 g/mol. The predicted molar refractivity (Wildman–Crippen MR) is 135 cm³/mol. The number of nitrogens with zero attached hydrogens (tertiary/aromatic N) is 4. The maximum atomic E-state index is 11.6. The van der Waals surface area contributed by atoms with Gasteiger partial charge in [0, 0.05) is 44.3 Å². The van der Waals surface area contributed by atoms with Crippen molar-refractivity contribution in [3.05, 3.63) is 59.8 Å². The van der Waals surface area contributed by atoms with Crippen molar-refractivity contribution >= 4 is 28.7 Å². The number of aromatic nitrogens is 2. The van der Waals surface area contributed by atoms with Crippen molar-refractivity contribution in [3.63, 3.8) is 0 Å². The number of hydrogen-bond acceptors (Lipinski definition) is 6. The summed E-state index contributed by atoms with van der Waals surface area (Å²) in [5.74, 6) is -5.97. The van der Waals surface area contributed by atoms with E-state index in [9.17, 15) is 31.1 Å². The molecule has 2 heterocycles. The highest BCUT2D eigenvalue weighted by Crippen LogP contribution is 2.20. The summed E-state index contributed by atoms with van der Waals surface area (Å²) < 4.78 is 65.3. The van der Waals surface area contributed by atoms with Crippen LogP contribution in [-0.2, 0) is 16.0 Å². The standard InChI is InChI=1S/C21H25N5O.2C2HF3O2/c1-24-11-13-25(14-12-24)10-9-16-5-7-18(8-6-16)26-15-17-3-2-4-19(21(22)27)20(17)23-26;2*3-2(4,5)1(6)7/h2-8,15H,9-14H2,1H3,(H2,22,27);2*(H,6,7). The number of carboxylic acids is 2. The van der Waals surface area contributed by atoms with Crippen LogP contribution in [0.15, 0.2) is 48.7 Å². The Hall–Kier alpha value is -4.18. The van der Waals surface area contributed by atoms with Crippen molar-refractivity contribution in [1.82, 2.24) is 19.6 Å². The van der Waals surface area contributed by atoms with Crippen LogP contribution < -0.4 is 5.73 Å². The first-order chi connectivity index (χ1) is 19.0. The lowest BCUT2D eigenvalue weighted by Gasteiger charge is -2.32. The third kappa shape index (κ3) is 10.4. The number of fused-ring (bicyclic) bond motifs is 1. The molecule has 2 aromatic carbocycles. The summed E-state index contributed by atoms with van der Waals surface area (Å²) in [7, 11) is 2.18. The Bertz CT molecular complexity index is 1310. The summed E-state index contributed by atoms with van der Waals surface area (Å²) in [6, 6.07) is 14.0. The van der Waals surface area contributed by atoms with E-state index < -0.39 is 30.2 Å². The molecule has 4 N–H and O–H groups in total. The molecule has 1 fully saturated rings. The van der Waals surface area contributed by atoms with Crippen molar-refractivity contribution in [1.29, 1.82) is 0 Å². The molecule has 1 saturated heterocycles. The molecule has 0 atom stereocenters. The lowest BCUT2D eigenvalue weighted by molar-refractivity contribution is -0.193. The van der Waals surface area contributed by atoms with Gasteiger partial charge in [0.05, 0.1) is 11.3 Å². The second-order valence-electron chi connectivity index (χ2n) is 8.85. The van der Waals surface area contributed by atoms with Crippen LogP contribution in [0.2, 0.25) is 0 Å². The number of carboxylic acid groups (broad SMARTS) is 2. The number of rotatable bonds is 5. The molecular formula is C25H27F6N5O5. The van der Waals surface area contributed by atoms with Gasteiger partial charge in [-0.1, -0.05) is 24.3 Å². The van der Waals surface area contributed by atoms with E-state index in [2.05, 4.69) is 46.2 Å². The van der Waals surface area contributed by atoms with Gasteiger partial charge in [-0.05, 0) is 37.2 Å². The lowest BCUT2D eigenvalue weighted by atomic mass is 10.1. The molecule has 41 heavy (non-hydrogen) atoms. The Morgan fingerprint density at radius 3 is 1.85 bits per heavy atom. The molecule has 0 bridgehead atoms. The highest BCUT2D eigenvalue weighted by molar-refractivity contribution is 6.04. The van der Waals surface area contributed by atoms with Gasteiger partial charge < -0.3 is 25.7 Å². The number of nitrogens with two attached hydrogens (primary N) is 1. The maximum Gasteiger partial charge on any atom is 0.490 e. The first-order valence-corrected chi connectivity index (χ1v) is 11.9. The van der Waals surface area contributed by atoms with Gasteiger partial charge in [-0.15, -0.1) is 0 Å². The number of primary amides is 1. The Kier molecular flexibility index (Phi) is 11.2. The third-order valence-corrected chi connectivity index (χ3v) is 5.80. The van der Waals surface area contributed by atoms with Gasteiger partial charge >= 0.3 is 24.3 Å². The van der Waals surface area contributed by atoms with Crippen LogP contribution in [0.3, 0.4) is 0 Å². The molecule has 0 saturated carbocycles. The average molecular weight is 592 g/mol. The van der Waals surface area contributed by atoms with Crippen LogP contribution in [0.4, 0.5) is 26.3 Å². The molecule has 10 nitrogen and oxygen atoms in total. The molecule has 16 heteroatoms. The Morgan fingerprint density at radius 2 is 1.39 bits per heavy atom. The monoisotopic (exact) mass is 591 g/mol. The molecule has 1 aliphatic rings. The van der Waals surface area contributed by atoms with Gasteiger partial charge in [0.15, 0.2) is 0 Å². The van der Waals surface area contributed by atoms with E-state index in [4.69, 9.17) is 25.5 Å². The van der Waals surface area contributed by atoms with Gasteiger partial charge in [-0.2, -0.15) is 31.4 Å². The van der Waals surface area contributed by atoms with Crippen LogP contribution in [0.1, 0.15) is 15.9 Å². The number of halogens is 6. The number of likely N-dealkylation sites (N-methyl/N-ethyl adjacent to an activating group) is 1. The zero-order valence-corrected chi connectivity index (χ0v) is 21.6. The number of amides is 1. The molecule has 224 valence electrons. The van der Waals surface area contributed by atoms with Crippen LogP contribution in [-0.4, -0.2) is 99.8 Å². The predicted octanol–water partition coefficient (Wildman–Crippen LogP) is 3.18. The zero-order valence-electron chi connectivity index (χ0n) is 21.6. The van der Waals surface area contributed by atoms with Gasteiger partial charge in [0.25, 0.3) is 5.91 Å². The Labute approximate surface area is 229 Å². The Balaban J connectivity index is 0.000000349. The molecule has 0 unspecified atom stereocenters. The zero-order chi connectivity index (χ0) is 31.0. The topological polar surface area (TPSA) is 142 Å². The van der Waals surface area contributed by atoms with Crippen LogP contribution in [0.25, 0.3) is 16.6 Å². The quantitative estimate of drug-likeness (QED) is 0.384. The minimum absolute atomic E-state index is 0.454. The first-order valence-electron chi connectivity index (χ1n) is 11.9. The number of aliphatic carboxylic acids is 2. The number of carbonyl (C=O) groups excluding carboxylic acids is 1. The number of hydrogen-bond donors (Lipinski definition) is 3. The molecule has 0 spiro atoms. The van der Waals surface area contributed by atoms with E-state index in [1.54, 1.807) is 10.7 Å². The van der Waals surface area contributed by atoms with Gasteiger partial charge in [0.2, 0.25) is 0 Å². The second kappa shape index (κ2) is 13.9. The Morgan fingerprint density at radius 1 is 0.878 bits per heavy atom. The summed E-state index contributed by atoms with van der Waals surface area (Å²) in [6.45, 7) is 5.70. The summed E-state index contributed by atoms with van der Waals surface area (Å²) in [5, 5.41) is 19.7. The fraction of sp³-hybridized carbons (Fsp3) is 0.360. The lowest BCUT2D eigenvalue weighted by Crippen LogP contribution is -2.45. The fourth-order valence-corrected chi connectivity index (χ4v) is 3.55.